The van der Waals surface area contributed by atoms with Gasteiger partial charge in [0.25, 0.3) is 0 Å². The highest BCUT2D eigenvalue weighted by Crippen LogP contribution is 2.32. The second kappa shape index (κ2) is 7.93. The molecule has 1 heterocycles. The molecule has 0 radical (unpaired) electrons. The zero-order valence-electron chi connectivity index (χ0n) is 15.1. The van der Waals surface area contributed by atoms with Gasteiger partial charge in [-0.25, -0.2) is 0 Å². The number of aryl methyl sites for hydroxylation is 1. The van der Waals surface area contributed by atoms with Crippen LogP contribution < -0.4 is 4.74 Å². The fourth-order valence-corrected chi connectivity index (χ4v) is 3.42. The SMILES string of the molecule is COc1ccc(CN2C(=O)CCC2CN=[N+]=[N-])cc1-c1cccc(C)c1. The average molecular weight is 350 g/mol. The molecule has 6 heteroatoms. The lowest BCUT2D eigenvalue weighted by molar-refractivity contribution is -0.129. The van der Waals surface area contributed by atoms with Gasteiger partial charge >= 0.3 is 0 Å². The van der Waals surface area contributed by atoms with Gasteiger partial charge in [0.15, 0.2) is 0 Å². The molecule has 26 heavy (non-hydrogen) atoms. The monoisotopic (exact) mass is 350 g/mol. The summed E-state index contributed by atoms with van der Waals surface area (Å²) in [7, 11) is 1.66. The predicted molar refractivity (Wildman–Crippen MR) is 101 cm³/mol. The van der Waals surface area contributed by atoms with Crippen molar-refractivity contribution in [2.75, 3.05) is 13.7 Å². The first-order chi connectivity index (χ1) is 12.6. The van der Waals surface area contributed by atoms with Crippen molar-refractivity contribution in [3.8, 4) is 16.9 Å². The first-order valence-electron chi connectivity index (χ1n) is 8.66. The van der Waals surface area contributed by atoms with Crippen LogP contribution in [0.1, 0.15) is 24.0 Å². The summed E-state index contributed by atoms with van der Waals surface area (Å²) < 4.78 is 5.52. The lowest BCUT2D eigenvalue weighted by Gasteiger charge is -2.24. The van der Waals surface area contributed by atoms with Crippen LogP contribution in [-0.4, -0.2) is 30.5 Å². The van der Waals surface area contributed by atoms with E-state index >= 15 is 0 Å². The number of azide groups is 1. The van der Waals surface area contributed by atoms with E-state index in [9.17, 15) is 4.79 Å². The lowest BCUT2D eigenvalue weighted by Crippen LogP contribution is -2.34. The quantitative estimate of drug-likeness (QED) is 0.438. The number of hydrogen-bond acceptors (Lipinski definition) is 3. The summed E-state index contributed by atoms with van der Waals surface area (Å²) in [5.41, 5.74) is 12.9. The van der Waals surface area contributed by atoms with Crippen molar-refractivity contribution in [1.82, 2.24) is 4.90 Å². The number of methoxy groups -OCH3 is 1. The van der Waals surface area contributed by atoms with Crippen molar-refractivity contribution in [3.63, 3.8) is 0 Å². The Morgan fingerprint density at radius 1 is 1.31 bits per heavy atom. The molecule has 2 aromatic rings. The second-order valence-corrected chi connectivity index (χ2v) is 6.53. The Balaban J connectivity index is 1.90. The third-order valence-electron chi connectivity index (χ3n) is 4.75. The summed E-state index contributed by atoms with van der Waals surface area (Å²) in [4.78, 5) is 16.9. The number of hydrogen-bond donors (Lipinski definition) is 0. The third kappa shape index (κ3) is 3.81. The molecule has 2 aromatic carbocycles. The zero-order valence-corrected chi connectivity index (χ0v) is 15.1. The van der Waals surface area contributed by atoms with Gasteiger partial charge in [0, 0.05) is 36.0 Å². The normalized spacial score (nSPS) is 16.5. The van der Waals surface area contributed by atoms with Crippen molar-refractivity contribution in [2.45, 2.75) is 32.4 Å². The lowest BCUT2D eigenvalue weighted by atomic mass is 10.00. The van der Waals surface area contributed by atoms with E-state index in [0.29, 0.717) is 19.5 Å². The number of ether oxygens (including phenoxy) is 1. The first kappa shape index (κ1) is 17.8. The number of nitrogens with zero attached hydrogens (tertiary/aromatic N) is 4. The summed E-state index contributed by atoms with van der Waals surface area (Å²) >= 11 is 0. The molecule has 1 saturated heterocycles. The van der Waals surface area contributed by atoms with E-state index in [2.05, 4.69) is 41.2 Å². The topological polar surface area (TPSA) is 78.3 Å². The summed E-state index contributed by atoms with van der Waals surface area (Å²) in [6.45, 7) is 2.89. The van der Waals surface area contributed by atoms with Crippen molar-refractivity contribution in [3.05, 3.63) is 64.0 Å². The van der Waals surface area contributed by atoms with Crippen LogP contribution in [-0.2, 0) is 11.3 Å². The summed E-state index contributed by atoms with van der Waals surface area (Å²) in [6.07, 6.45) is 1.24. The highest BCUT2D eigenvalue weighted by molar-refractivity contribution is 5.79. The first-order valence-corrected chi connectivity index (χ1v) is 8.66. The molecule has 6 nitrogen and oxygen atoms in total. The Bertz CT molecular complexity index is 859. The maximum atomic E-state index is 12.2. The Hall–Kier alpha value is -2.98. The fraction of sp³-hybridized carbons (Fsp3) is 0.350. The van der Waals surface area contributed by atoms with Gasteiger partial charge in [0.1, 0.15) is 5.75 Å². The number of carbonyl (C=O) groups is 1. The van der Waals surface area contributed by atoms with Crippen molar-refractivity contribution >= 4 is 5.91 Å². The van der Waals surface area contributed by atoms with Gasteiger partial charge in [-0.15, -0.1) is 0 Å². The maximum Gasteiger partial charge on any atom is 0.223 e. The largest absolute Gasteiger partial charge is 0.496 e. The van der Waals surface area contributed by atoms with Gasteiger partial charge in [0.2, 0.25) is 5.91 Å². The van der Waals surface area contributed by atoms with Gasteiger partial charge in [-0.1, -0.05) is 41.0 Å². The summed E-state index contributed by atoms with van der Waals surface area (Å²) in [6, 6.07) is 14.2. The van der Waals surface area contributed by atoms with Crippen LogP contribution in [0.25, 0.3) is 21.6 Å². The summed E-state index contributed by atoms with van der Waals surface area (Å²) in [5.74, 6) is 0.911. The average Bonchev–Trinajstić information content (AvgIpc) is 2.99. The van der Waals surface area contributed by atoms with Crippen LogP contribution >= 0.6 is 0 Å². The number of benzene rings is 2. The standard InChI is InChI=1S/C20H22N4O2/c1-14-4-3-5-16(10-14)18-11-15(6-8-19(18)26-2)13-24-17(12-22-23-21)7-9-20(24)25/h3-6,8,10-11,17H,7,9,12-13H2,1-2H3. The minimum atomic E-state index is -0.0251. The molecule has 1 atom stereocenters. The molecule has 1 unspecified atom stereocenters. The molecule has 0 N–H and O–H groups in total. The van der Waals surface area contributed by atoms with E-state index in [4.69, 9.17) is 10.3 Å². The van der Waals surface area contributed by atoms with Crippen LogP contribution in [0.3, 0.4) is 0 Å². The Morgan fingerprint density at radius 2 is 2.15 bits per heavy atom. The molecule has 1 aliphatic heterocycles. The molecule has 0 saturated carbocycles. The third-order valence-corrected chi connectivity index (χ3v) is 4.75. The van der Waals surface area contributed by atoms with Crippen LogP contribution in [0.2, 0.25) is 0 Å². The Morgan fingerprint density at radius 3 is 2.88 bits per heavy atom. The molecule has 0 aliphatic carbocycles. The molecule has 1 aliphatic rings. The molecule has 0 aromatic heterocycles. The van der Waals surface area contributed by atoms with E-state index in [1.807, 2.05) is 23.1 Å². The highest BCUT2D eigenvalue weighted by Gasteiger charge is 2.30. The number of carbonyl (C=O) groups excluding carboxylic acids is 1. The molecule has 1 amide bonds. The zero-order chi connectivity index (χ0) is 18.5. The highest BCUT2D eigenvalue weighted by atomic mass is 16.5. The van der Waals surface area contributed by atoms with Crippen molar-refractivity contribution in [1.29, 1.82) is 0 Å². The van der Waals surface area contributed by atoms with Crippen LogP contribution in [0.4, 0.5) is 0 Å². The van der Waals surface area contributed by atoms with Crippen LogP contribution in [0.15, 0.2) is 47.6 Å². The summed E-state index contributed by atoms with van der Waals surface area (Å²) in [5, 5.41) is 3.65. The smallest absolute Gasteiger partial charge is 0.223 e. The van der Waals surface area contributed by atoms with Gasteiger partial charge in [0.05, 0.1) is 7.11 Å². The van der Waals surface area contributed by atoms with E-state index in [0.717, 1.165) is 28.9 Å². The Kier molecular flexibility index (Phi) is 5.44. The minimum absolute atomic E-state index is 0.0251. The van der Waals surface area contributed by atoms with E-state index in [1.165, 1.54) is 5.56 Å². The van der Waals surface area contributed by atoms with Gasteiger partial charge in [-0.2, -0.15) is 0 Å². The van der Waals surface area contributed by atoms with E-state index in [-0.39, 0.29) is 11.9 Å². The van der Waals surface area contributed by atoms with Gasteiger partial charge in [-0.3, -0.25) is 4.79 Å². The van der Waals surface area contributed by atoms with E-state index in [1.54, 1.807) is 7.11 Å². The maximum absolute atomic E-state index is 12.2. The number of likely N-dealkylation sites (tertiary alicyclic amines) is 1. The van der Waals surface area contributed by atoms with Crippen molar-refractivity contribution in [2.24, 2.45) is 5.11 Å². The molecule has 134 valence electrons. The minimum Gasteiger partial charge on any atom is -0.496 e. The second-order valence-electron chi connectivity index (χ2n) is 6.53. The van der Waals surface area contributed by atoms with Crippen LogP contribution in [0, 0.1) is 6.92 Å². The van der Waals surface area contributed by atoms with Gasteiger partial charge < -0.3 is 9.64 Å². The van der Waals surface area contributed by atoms with Gasteiger partial charge in [-0.05, 0) is 42.1 Å². The molecule has 1 fully saturated rings. The molecular formula is C20H22N4O2. The molecule has 0 spiro atoms. The predicted octanol–water partition coefficient (Wildman–Crippen LogP) is 4.47. The molecule has 0 bridgehead atoms. The fourth-order valence-electron chi connectivity index (χ4n) is 3.42. The molecule has 3 rings (SSSR count). The Labute approximate surface area is 153 Å². The van der Waals surface area contributed by atoms with Crippen molar-refractivity contribution < 1.29 is 9.53 Å². The molecular weight excluding hydrogens is 328 g/mol. The van der Waals surface area contributed by atoms with E-state index < -0.39 is 0 Å². The number of rotatable bonds is 6. The van der Waals surface area contributed by atoms with Crippen LogP contribution in [0.5, 0.6) is 5.75 Å². The number of amides is 1.